The molecular weight excluding hydrogens is 111 g/mol. The third-order valence-corrected chi connectivity index (χ3v) is 1.48. The van der Waals surface area contributed by atoms with Gasteiger partial charge in [0.05, 0.1) is 14.0 Å². The van der Waals surface area contributed by atoms with Gasteiger partial charge in [-0.2, -0.15) is 0 Å². The summed E-state index contributed by atoms with van der Waals surface area (Å²) < 4.78 is 0. The fourth-order valence-corrected chi connectivity index (χ4v) is 0.659. The van der Waals surface area contributed by atoms with Gasteiger partial charge in [-0.15, -0.1) is 0 Å². The summed E-state index contributed by atoms with van der Waals surface area (Å²) in [6, 6.07) is 0. The van der Waals surface area contributed by atoms with Gasteiger partial charge in [0.1, 0.15) is 0 Å². The third kappa shape index (κ3) is 5.90. The van der Waals surface area contributed by atoms with E-state index in [1.165, 1.54) is 0 Å². The predicted molar refractivity (Wildman–Crippen MR) is 40.7 cm³/mol. The van der Waals surface area contributed by atoms with Gasteiger partial charge in [0.15, 0.2) is 0 Å². The molecule has 0 aliphatic carbocycles. The van der Waals surface area contributed by atoms with Crippen LogP contribution < -0.4 is 0 Å². The van der Waals surface area contributed by atoms with E-state index in [1.807, 2.05) is 0 Å². The van der Waals surface area contributed by atoms with Crippen LogP contribution in [0.4, 0.5) is 0 Å². The lowest BCUT2D eigenvalue weighted by atomic mass is 9.81. The first-order valence-electron chi connectivity index (χ1n) is 3.60. The molecular formula is C7H15BO. The Bertz CT molecular complexity index is 63.9. The molecule has 2 atom stereocenters. The van der Waals surface area contributed by atoms with Crippen molar-refractivity contribution in [2.24, 2.45) is 0 Å². The molecule has 0 heterocycles. The molecule has 0 rings (SSSR count). The predicted octanol–water partition coefficient (Wildman–Crippen LogP) is 1.51. The molecule has 0 aromatic carbocycles. The van der Waals surface area contributed by atoms with Gasteiger partial charge in [0.2, 0.25) is 0 Å². The van der Waals surface area contributed by atoms with Crippen LogP contribution in [0.5, 0.6) is 0 Å². The normalized spacial score (nSPS) is 17.2. The standard InChI is InChI=1S/C7H15BO/c1-3-7(8)5-4-6(2)9/h6-7,9H,3-5H2,1-2H3/t6-,7?/m1/s1. The zero-order chi connectivity index (χ0) is 7.28. The SMILES string of the molecule is [B]C(CC)CC[C@@H](C)O. The molecule has 1 nitrogen and oxygen atoms in total. The highest BCUT2D eigenvalue weighted by Crippen LogP contribution is 2.13. The van der Waals surface area contributed by atoms with Crippen molar-refractivity contribution >= 4 is 7.85 Å². The van der Waals surface area contributed by atoms with Crippen molar-refractivity contribution in [2.75, 3.05) is 0 Å². The number of aliphatic hydroxyl groups is 1. The topological polar surface area (TPSA) is 20.2 Å². The molecule has 0 aliphatic rings. The van der Waals surface area contributed by atoms with E-state index in [0.29, 0.717) is 0 Å². The van der Waals surface area contributed by atoms with E-state index in [-0.39, 0.29) is 11.9 Å². The first kappa shape index (κ1) is 9.02. The minimum Gasteiger partial charge on any atom is -0.393 e. The number of rotatable bonds is 4. The molecule has 0 saturated carbocycles. The molecule has 2 radical (unpaired) electrons. The average Bonchev–Trinajstić information content (AvgIpc) is 1.83. The van der Waals surface area contributed by atoms with Crippen molar-refractivity contribution in [3.8, 4) is 0 Å². The van der Waals surface area contributed by atoms with E-state index in [0.717, 1.165) is 19.3 Å². The molecule has 0 fully saturated rings. The number of hydrogen-bond acceptors (Lipinski definition) is 1. The van der Waals surface area contributed by atoms with Crippen molar-refractivity contribution < 1.29 is 5.11 Å². The molecule has 1 unspecified atom stereocenters. The highest BCUT2D eigenvalue weighted by molar-refractivity contribution is 6.11. The first-order valence-corrected chi connectivity index (χ1v) is 3.60. The van der Waals surface area contributed by atoms with Crippen molar-refractivity contribution in [1.82, 2.24) is 0 Å². The van der Waals surface area contributed by atoms with Gasteiger partial charge >= 0.3 is 0 Å². The summed E-state index contributed by atoms with van der Waals surface area (Å²) >= 11 is 0. The summed E-state index contributed by atoms with van der Waals surface area (Å²) in [5.74, 6) is 0.277. The molecule has 0 amide bonds. The van der Waals surface area contributed by atoms with Crippen molar-refractivity contribution in [3.05, 3.63) is 0 Å². The van der Waals surface area contributed by atoms with Crippen LogP contribution >= 0.6 is 0 Å². The molecule has 2 heteroatoms. The second-order valence-electron chi connectivity index (χ2n) is 2.59. The largest absolute Gasteiger partial charge is 0.393 e. The molecule has 1 N–H and O–H groups in total. The summed E-state index contributed by atoms with van der Waals surface area (Å²) in [6.07, 6.45) is 2.58. The zero-order valence-corrected chi connectivity index (χ0v) is 6.30. The molecule has 0 aromatic heterocycles. The Hall–Kier alpha value is 0.0249. The highest BCUT2D eigenvalue weighted by Gasteiger charge is 2.00. The molecule has 0 bridgehead atoms. The van der Waals surface area contributed by atoms with E-state index >= 15 is 0 Å². The van der Waals surface area contributed by atoms with Gasteiger partial charge in [0.25, 0.3) is 0 Å². The van der Waals surface area contributed by atoms with Crippen molar-refractivity contribution in [1.29, 1.82) is 0 Å². The second kappa shape index (κ2) is 4.86. The number of hydrogen-bond donors (Lipinski definition) is 1. The molecule has 0 spiro atoms. The summed E-state index contributed by atoms with van der Waals surface area (Å²) in [6.45, 7) is 3.86. The van der Waals surface area contributed by atoms with Crippen LogP contribution in [0.1, 0.15) is 33.1 Å². The lowest BCUT2D eigenvalue weighted by molar-refractivity contribution is 0.180. The van der Waals surface area contributed by atoms with Gasteiger partial charge in [-0.3, -0.25) is 0 Å². The van der Waals surface area contributed by atoms with E-state index in [1.54, 1.807) is 6.92 Å². The minimum atomic E-state index is -0.192. The van der Waals surface area contributed by atoms with Gasteiger partial charge in [-0.1, -0.05) is 25.6 Å². The molecule has 0 saturated heterocycles. The van der Waals surface area contributed by atoms with Crippen LogP contribution in [0, 0.1) is 0 Å². The molecule has 0 aromatic rings. The van der Waals surface area contributed by atoms with Gasteiger partial charge in [-0.25, -0.2) is 0 Å². The van der Waals surface area contributed by atoms with Gasteiger partial charge in [-0.05, 0) is 13.3 Å². The maximum absolute atomic E-state index is 8.84. The lowest BCUT2D eigenvalue weighted by Gasteiger charge is -2.08. The third-order valence-electron chi connectivity index (χ3n) is 1.48. The van der Waals surface area contributed by atoms with Crippen LogP contribution in [0.15, 0.2) is 0 Å². The second-order valence-corrected chi connectivity index (χ2v) is 2.59. The Kier molecular flexibility index (Phi) is 4.88. The maximum atomic E-state index is 8.84. The van der Waals surface area contributed by atoms with Crippen LogP contribution in [0.3, 0.4) is 0 Å². The van der Waals surface area contributed by atoms with Crippen LogP contribution in [0.25, 0.3) is 0 Å². The van der Waals surface area contributed by atoms with E-state index < -0.39 is 0 Å². The summed E-state index contributed by atoms with van der Waals surface area (Å²) in [7, 11) is 5.61. The monoisotopic (exact) mass is 126 g/mol. The lowest BCUT2D eigenvalue weighted by Crippen LogP contribution is -2.01. The first-order chi connectivity index (χ1) is 4.16. The number of aliphatic hydroxyl groups excluding tert-OH is 1. The molecule has 0 aliphatic heterocycles. The van der Waals surface area contributed by atoms with Crippen molar-refractivity contribution in [2.45, 2.75) is 45.0 Å². The Morgan fingerprint density at radius 2 is 2.00 bits per heavy atom. The quantitative estimate of drug-likeness (QED) is 0.566. The Morgan fingerprint density at radius 3 is 2.33 bits per heavy atom. The van der Waals surface area contributed by atoms with Crippen LogP contribution in [-0.4, -0.2) is 19.1 Å². The van der Waals surface area contributed by atoms with E-state index in [9.17, 15) is 0 Å². The fraction of sp³-hybridized carbons (Fsp3) is 1.00. The molecule has 9 heavy (non-hydrogen) atoms. The smallest absolute Gasteiger partial charge is 0.0699 e. The van der Waals surface area contributed by atoms with Crippen molar-refractivity contribution in [3.63, 3.8) is 0 Å². The maximum Gasteiger partial charge on any atom is 0.0699 e. The Morgan fingerprint density at radius 1 is 1.44 bits per heavy atom. The van der Waals surface area contributed by atoms with E-state index in [4.69, 9.17) is 13.0 Å². The fourth-order valence-electron chi connectivity index (χ4n) is 0.659. The van der Waals surface area contributed by atoms with Crippen LogP contribution in [-0.2, 0) is 0 Å². The highest BCUT2D eigenvalue weighted by atomic mass is 16.3. The summed E-state index contributed by atoms with van der Waals surface area (Å²) in [5, 5.41) is 8.84. The summed E-state index contributed by atoms with van der Waals surface area (Å²) in [4.78, 5) is 0. The van der Waals surface area contributed by atoms with Crippen LogP contribution in [0.2, 0.25) is 5.82 Å². The molecule has 52 valence electrons. The Labute approximate surface area is 58.9 Å². The average molecular weight is 126 g/mol. The van der Waals surface area contributed by atoms with E-state index in [2.05, 4.69) is 6.92 Å². The zero-order valence-electron chi connectivity index (χ0n) is 6.30. The van der Waals surface area contributed by atoms with Gasteiger partial charge in [0, 0.05) is 0 Å². The van der Waals surface area contributed by atoms with Gasteiger partial charge < -0.3 is 5.11 Å². The minimum absolute atomic E-state index is 0.192. The Balaban J connectivity index is 3.06. The summed E-state index contributed by atoms with van der Waals surface area (Å²) in [5.41, 5.74) is 0.